The molecule has 1 amide bonds. The monoisotopic (exact) mass is 415 g/mol. The largest absolute Gasteiger partial charge is 0.465 e. The van der Waals surface area contributed by atoms with E-state index in [1.807, 2.05) is 12.1 Å². The first-order chi connectivity index (χ1) is 13.9. The molecule has 1 aliphatic heterocycles. The summed E-state index contributed by atoms with van der Waals surface area (Å²) in [4.78, 5) is 27.7. The number of carboxylic acid groups (broad SMARTS) is 1. The molecule has 0 fully saturated rings. The number of rotatable bonds is 4. The Kier molecular flexibility index (Phi) is 4.85. The number of hydrogen-bond acceptors (Lipinski definition) is 6. The number of carbonyl (C=O) groups is 1. The summed E-state index contributed by atoms with van der Waals surface area (Å²) in [5.41, 5.74) is 1.34. The second-order valence-electron chi connectivity index (χ2n) is 6.32. The first-order valence-corrected chi connectivity index (χ1v) is 9.41. The molecule has 148 valence electrons. The maximum atomic E-state index is 14.2. The van der Waals surface area contributed by atoms with E-state index in [9.17, 15) is 19.3 Å². The third kappa shape index (κ3) is 3.74. The molecule has 1 aliphatic rings. The Hall–Kier alpha value is -3.53. The zero-order valence-corrected chi connectivity index (χ0v) is 15.7. The van der Waals surface area contributed by atoms with Crippen molar-refractivity contribution in [3.8, 4) is 11.5 Å². The number of ether oxygens (including phenoxy) is 1. The van der Waals surface area contributed by atoms with Gasteiger partial charge in [0.1, 0.15) is 5.75 Å². The van der Waals surface area contributed by atoms with Gasteiger partial charge in [0.15, 0.2) is 11.6 Å². The maximum Gasteiger partial charge on any atom is 0.407 e. The number of thiophene rings is 1. The Morgan fingerprint density at radius 3 is 2.79 bits per heavy atom. The second kappa shape index (κ2) is 7.47. The van der Waals surface area contributed by atoms with Crippen molar-refractivity contribution < 1.29 is 24.0 Å². The summed E-state index contributed by atoms with van der Waals surface area (Å²) in [6.07, 6.45) is 3.06. The number of aromatic nitrogens is 1. The molecule has 2 aromatic heterocycles. The van der Waals surface area contributed by atoms with Crippen molar-refractivity contribution in [1.29, 1.82) is 0 Å². The van der Waals surface area contributed by atoms with Gasteiger partial charge in [0.25, 0.3) is 5.69 Å². The minimum absolute atomic E-state index is 0.118. The van der Waals surface area contributed by atoms with Gasteiger partial charge in [-0.25, -0.2) is 9.18 Å². The fourth-order valence-electron chi connectivity index (χ4n) is 3.02. The average molecular weight is 415 g/mol. The molecule has 10 heteroatoms. The quantitative estimate of drug-likeness (QED) is 0.480. The predicted molar refractivity (Wildman–Crippen MR) is 105 cm³/mol. The highest BCUT2D eigenvalue weighted by molar-refractivity contribution is 7.20. The zero-order chi connectivity index (χ0) is 20.5. The van der Waals surface area contributed by atoms with Crippen LogP contribution in [0.5, 0.6) is 11.5 Å². The number of amides is 1. The first-order valence-electron chi connectivity index (χ1n) is 8.60. The van der Waals surface area contributed by atoms with Crippen LogP contribution in [-0.2, 0) is 0 Å². The van der Waals surface area contributed by atoms with Gasteiger partial charge in [-0.2, -0.15) is 0 Å². The van der Waals surface area contributed by atoms with Crippen molar-refractivity contribution in [2.75, 3.05) is 13.1 Å². The molecule has 1 aromatic carbocycles. The van der Waals surface area contributed by atoms with E-state index in [2.05, 4.69) is 4.98 Å². The molecule has 3 aromatic rings. The third-order valence-corrected chi connectivity index (χ3v) is 5.73. The van der Waals surface area contributed by atoms with Gasteiger partial charge in [-0.1, -0.05) is 6.08 Å². The summed E-state index contributed by atoms with van der Waals surface area (Å²) in [6, 6.07) is 6.71. The Balaban J connectivity index is 1.64. The van der Waals surface area contributed by atoms with Crippen molar-refractivity contribution in [2.45, 2.75) is 6.42 Å². The molecule has 0 unspecified atom stereocenters. The van der Waals surface area contributed by atoms with E-state index >= 15 is 0 Å². The van der Waals surface area contributed by atoms with Crippen LogP contribution in [0.1, 0.15) is 11.3 Å². The van der Waals surface area contributed by atoms with Gasteiger partial charge in [-0.3, -0.25) is 15.1 Å². The molecule has 0 radical (unpaired) electrons. The van der Waals surface area contributed by atoms with E-state index in [-0.39, 0.29) is 11.4 Å². The van der Waals surface area contributed by atoms with Crippen LogP contribution in [0.4, 0.5) is 14.9 Å². The maximum absolute atomic E-state index is 14.2. The number of nitro groups is 1. The molecule has 3 heterocycles. The highest BCUT2D eigenvalue weighted by atomic mass is 32.1. The fraction of sp³-hybridized carbons (Fsp3) is 0.158. The molecule has 29 heavy (non-hydrogen) atoms. The fourth-order valence-corrected chi connectivity index (χ4v) is 4.16. The van der Waals surface area contributed by atoms with Gasteiger partial charge in [0.05, 0.1) is 21.2 Å². The lowest BCUT2D eigenvalue weighted by Crippen LogP contribution is -2.33. The number of nitrogens with zero attached hydrogens (tertiary/aromatic N) is 3. The van der Waals surface area contributed by atoms with E-state index < -0.39 is 16.8 Å². The smallest absolute Gasteiger partial charge is 0.407 e. The molecular weight excluding hydrogens is 401 g/mol. The van der Waals surface area contributed by atoms with Crippen LogP contribution in [0.3, 0.4) is 0 Å². The lowest BCUT2D eigenvalue weighted by atomic mass is 10.1. The van der Waals surface area contributed by atoms with Crippen LogP contribution in [-0.4, -0.2) is 39.1 Å². The zero-order valence-electron chi connectivity index (χ0n) is 14.9. The number of hydrogen-bond donors (Lipinski definition) is 1. The molecular formula is C19H14FN3O5S. The van der Waals surface area contributed by atoms with E-state index in [0.29, 0.717) is 35.5 Å². The number of benzene rings is 1. The van der Waals surface area contributed by atoms with Crippen molar-refractivity contribution in [3.05, 3.63) is 63.4 Å². The van der Waals surface area contributed by atoms with Gasteiger partial charge in [-0.15, -0.1) is 11.3 Å². The number of pyridine rings is 1. The second-order valence-corrected chi connectivity index (χ2v) is 7.37. The SMILES string of the molecule is O=C(O)N1CC=C(c2cc3nccc(Oc4ccc([N+](=O)[O-])cc4F)c3s2)CC1. The molecule has 8 nitrogen and oxygen atoms in total. The van der Waals surface area contributed by atoms with E-state index in [1.54, 1.807) is 12.3 Å². The Morgan fingerprint density at radius 2 is 2.14 bits per heavy atom. The van der Waals surface area contributed by atoms with E-state index in [1.165, 1.54) is 28.4 Å². The molecule has 0 aliphatic carbocycles. The topological polar surface area (TPSA) is 106 Å². The van der Waals surface area contributed by atoms with Crippen LogP contribution < -0.4 is 4.74 Å². The molecule has 4 rings (SSSR count). The van der Waals surface area contributed by atoms with Gasteiger partial charge < -0.3 is 14.7 Å². The van der Waals surface area contributed by atoms with Gasteiger partial charge >= 0.3 is 6.09 Å². The van der Waals surface area contributed by atoms with Crippen molar-refractivity contribution in [1.82, 2.24) is 9.88 Å². The Bertz CT molecular complexity index is 1160. The van der Waals surface area contributed by atoms with Crippen LogP contribution >= 0.6 is 11.3 Å². The van der Waals surface area contributed by atoms with Gasteiger partial charge in [0.2, 0.25) is 0 Å². The third-order valence-electron chi connectivity index (χ3n) is 4.52. The summed E-state index contributed by atoms with van der Waals surface area (Å²) in [6.45, 7) is 0.740. The van der Waals surface area contributed by atoms with Gasteiger partial charge in [-0.05, 0) is 24.1 Å². The Labute approximate surface area is 167 Å². The first kappa shape index (κ1) is 18.8. The van der Waals surface area contributed by atoms with Crippen LogP contribution in [0, 0.1) is 15.9 Å². The predicted octanol–water partition coefficient (Wildman–Crippen LogP) is 4.90. The van der Waals surface area contributed by atoms with Crippen LogP contribution in [0.15, 0.2) is 42.6 Å². The lowest BCUT2D eigenvalue weighted by molar-refractivity contribution is -0.385. The number of fused-ring (bicyclic) bond motifs is 1. The highest BCUT2D eigenvalue weighted by Gasteiger charge is 2.20. The molecule has 1 N–H and O–H groups in total. The molecule has 0 bridgehead atoms. The Morgan fingerprint density at radius 1 is 1.31 bits per heavy atom. The van der Waals surface area contributed by atoms with Crippen molar-refractivity contribution in [2.24, 2.45) is 0 Å². The standard InChI is InChI=1S/C19H14FN3O5S/c20-13-9-12(23(26)27)1-2-15(13)28-16-3-6-21-14-10-17(29-18(14)16)11-4-7-22(8-5-11)19(24)25/h1-4,6,9-10H,5,7-8H2,(H,24,25). The highest BCUT2D eigenvalue weighted by Crippen LogP contribution is 2.39. The summed E-state index contributed by atoms with van der Waals surface area (Å²) < 4.78 is 20.6. The summed E-state index contributed by atoms with van der Waals surface area (Å²) in [7, 11) is 0. The van der Waals surface area contributed by atoms with Crippen molar-refractivity contribution >= 4 is 38.9 Å². The van der Waals surface area contributed by atoms with E-state index in [4.69, 9.17) is 9.84 Å². The molecule has 0 saturated heterocycles. The average Bonchev–Trinajstić information content (AvgIpc) is 3.14. The van der Waals surface area contributed by atoms with Crippen molar-refractivity contribution in [3.63, 3.8) is 0 Å². The molecule has 0 atom stereocenters. The number of nitro benzene ring substituents is 1. The lowest BCUT2D eigenvalue weighted by Gasteiger charge is -2.23. The molecule has 0 saturated carbocycles. The normalized spacial score (nSPS) is 14.0. The summed E-state index contributed by atoms with van der Waals surface area (Å²) >= 11 is 1.42. The minimum Gasteiger partial charge on any atom is -0.465 e. The molecule has 0 spiro atoms. The van der Waals surface area contributed by atoms with Crippen LogP contribution in [0.25, 0.3) is 15.8 Å². The minimum atomic E-state index is -0.945. The number of halogens is 1. The number of non-ortho nitro benzene ring substituents is 1. The van der Waals surface area contributed by atoms with Gasteiger partial charge in [0, 0.05) is 36.3 Å². The van der Waals surface area contributed by atoms with Crippen LogP contribution in [0.2, 0.25) is 0 Å². The van der Waals surface area contributed by atoms with E-state index in [0.717, 1.165) is 16.5 Å². The summed E-state index contributed by atoms with van der Waals surface area (Å²) in [5, 5.41) is 19.8. The summed E-state index contributed by atoms with van der Waals surface area (Å²) in [5.74, 6) is -0.556.